The minimum Gasteiger partial charge on any atom is -0.394 e. The van der Waals surface area contributed by atoms with Crippen molar-refractivity contribution in [3.8, 4) is 0 Å². The van der Waals surface area contributed by atoms with Crippen LogP contribution in [0.1, 0.15) is 155 Å². The third kappa shape index (κ3) is 26.8. The van der Waals surface area contributed by atoms with Gasteiger partial charge in [-0.3, -0.25) is 4.79 Å². The molecular weight excluding hydrogens is 1020 g/mol. The summed E-state index contributed by atoms with van der Waals surface area (Å²) in [6.45, 7) is 1.52. The van der Waals surface area contributed by atoms with Crippen molar-refractivity contribution in [3.63, 3.8) is 0 Å². The number of rotatable bonds is 41. The van der Waals surface area contributed by atoms with Crippen LogP contribution < -0.4 is 5.32 Å². The molecule has 3 saturated heterocycles. The standard InChI is InChI=1S/C60H101NO18/c1-3-5-7-9-11-13-14-15-16-17-18-19-20-21-22-23-24-25-26-27-28-30-32-34-36-38-48(66)61-43(44(65)37-35-33-31-29-12-10-8-6-4-2)42-74-58-54(72)51(69)56(46(40-63)76-58)79-60-55(73)52(70)57(47(41-64)77-60)78-59-53(71)50(68)49(67)45(39-62)75-59/h5,7,11,13,15-16,18-19,21-22,24-25,35,37,43-47,49-60,62-65,67-73H,3-4,6,8-10,12,14,17,20,23,26-34,36,38-42H2,1-2H3,(H,61,66)/b7-5-,13-11-,16-15-,19-18-,22-21-,25-24-,37-35+. The van der Waals surface area contributed by atoms with E-state index in [1.807, 2.05) is 6.08 Å². The molecule has 19 nitrogen and oxygen atoms in total. The van der Waals surface area contributed by atoms with Crippen molar-refractivity contribution >= 4 is 5.91 Å². The quantitative estimate of drug-likeness (QED) is 0.0289. The number of hydrogen-bond donors (Lipinski definition) is 12. The Kier molecular flexibility index (Phi) is 38.0. The maximum Gasteiger partial charge on any atom is 0.220 e. The molecule has 1 amide bonds. The van der Waals surface area contributed by atoms with Crippen LogP contribution in [0.5, 0.6) is 0 Å². The van der Waals surface area contributed by atoms with Gasteiger partial charge in [0.15, 0.2) is 18.9 Å². The monoisotopic (exact) mass is 1120 g/mol. The zero-order valence-electron chi connectivity index (χ0n) is 47.1. The van der Waals surface area contributed by atoms with E-state index in [9.17, 15) is 61.0 Å². The zero-order chi connectivity index (χ0) is 57.6. The molecule has 0 aromatic heterocycles. The molecular formula is C60H101NO18. The van der Waals surface area contributed by atoms with E-state index in [2.05, 4.69) is 92.1 Å². The molecule has 0 radical (unpaired) electrons. The van der Waals surface area contributed by atoms with Crippen molar-refractivity contribution in [1.82, 2.24) is 5.32 Å². The fraction of sp³-hybridized carbons (Fsp3) is 0.750. The summed E-state index contributed by atoms with van der Waals surface area (Å²) >= 11 is 0. The number of carbonyl (C=O) groups is 1. The molecule has 0 aliphatic carbocycles. The van der Waals surface area contributed by atoms with Crippen molar-refractivity contribution < 1.29 is 89.4 Å². The highest BCUT2D eigenvalue weighted by Gasteiger charge is 2.53. The lowest BCUT2D eigenvalue weighted by Crippen LogP contribution is -2.66. The molecule has 0 aromatic rings. The molecule has 3 rings (SSSR count). The third-order valence-electron chi connectivity index (χ3n) is 14.2. The highest BCUT2D eigenvalue weighted by atomic mass is 16.8. The van der Waals surface area contributed by atoms with Crippen LogP contribution in [0.25, 0.3) is 0 Å². The first-order chi connectivity index (χ1) is 38.3. The number of unbranched alkanes of at least 4 members (excludes halogenated alkanes) is 13. The van der Waals surface area contributed by atoms with Crippen molar-refractivity contribution in [2.24, 2.45) is 0 Å². The second kappa shape index (κ2) is 42.7. The number of nitrogens with one attached hydrogen (secondary N) is 1. The van der Waals surface area contributed by atoms with E-state index in [-0.39, 0.29) is 18.9 Å². The summed E-state index contributed by atoms with van der Waals surface area (Å²) in [5, 5.41) is 120. The van der Waals surface area contributed by atoms with Crippen molar-refractivity contribution in [2.45, 2.75) is 259 Å². The predicted molar refractivity (Wildman–Crippen MR) is 300 cm³/mol. The van der Waals surface area contributed by atoms with Gasteiger partial charge in [-0.25, -0.2) is 0 Å². The van der Waals surface area contributed by atoms with Crippen LogP contribution in [-0.2, 0) is 33.2 Å². The minimum atomic E-state index is -1.98. The summed E-state index contributed by atoms with van der Waals surface area (Å²) in [7, 11) is 0. The molecule has 3 aliphatic rings. The molecule has 79 heavy (non-hydrogen) atoms. The Bertz CT molecular complexity index is 1770. The molecule has 3 aliphatic heterocycles. The van der Waals surface area contributed by atoms with E-state index in [0.29, 0.717) is 6.42 Å². The van der Waals surface area contributed by atoms with Crippen LogP contribution in [0.15, 0.2) is 85.1 Å². The van der Waals surface area contributed by atoms with Crippen LogP contribution in [0.4, 0.5) is 0 Å². The van der Waals surface area contributed by atoms with Gasteiger partial charge in [-0.05, 0) is 70.6 Å². The topological polar surface area (TPSA) is 307 Å². The maximum absolute atomic E-state index is 13.3. The second-order valence-electron chi connectivity index (χ2n) is 20.7. The summed E-state index contributed by atoms with van der Waals surface area (Å²) < 4.78 is 34.1. The highest BCUT2D eigenvalue weighted by molar-refractivity contribution is 5.76. The smallest absolute Gasteiger partial charge is 0.220 e. The fourth-order valence-corrected chi connectivity index (χ4v) is 9.37. The van der Waals surface area contributed by atoms with Gasteiger partial charge in [0, 0.05) is 6.42 Å². The molecule has 454 valence electrons. The minimum absolute atomic E-state index is 0.220. The Hall–Kier alpha value is -3.03. The molecule has 0 spiro atoms. The lowest BCUT2D eigenvalue weighted by atomic mass is 9.96. The number of aliphatic hydroxyl groups is 11. The number of amides is 1. The van der Waals surface area contributed by atoms with Crippen molar-refractivity contribution in [1.29, 1.82) is 0 Å². The first-order valence-electron chi connectivity index (χ1n) is 29.3. The molecule has 0 aromatic carbocycles. The molecule has 17 unspecified atom stereocenters. The van der Waals surface area contributed by atoms with Crippen molar-refractivity contribution in [2.75, 3.05) is 26.4 Å². The van der Waals surface area contributed by atoms with Gasteiger partial charge in [0.2, 0.25) is 5.91 Å². The summed E-state index contributed by atoms with van der Waals surface area (Å²) in [4.78, 5) is 13.3. The molecule has 0 saturated carbocycles. The van der Waals surface area contributed by atoms with Crippen LogP contribution in [0.2, 0.25) is 0 Å². The van der Waals surface area contributed by atoms with E-state index in [1.54, 1.807) is 6.08 Å². The SMILES string of the molecule is CC/C=C\C/C=C\C/C=C\C/C=C\C/C=C\C/C=C\CCCCCCCCC(=O)NC(COC1OC(CO)C(OC2OC(CO)C(OC3OC(CO)C(O)C(O)C3O)C(O)C2O)C(O)C1O)C(O)/C=C/CCCCCCCCC. The van der Waals surface area contributed by atoms with Gasteiger partial charge in [0.1, 0.15) is 73.2 Å². The number of allylic oxidation sites excluding steroid dienone is 13. The van der Waals surface area contributed by atoms with E-state index >= 15 is 0 Å². The van der Waals surface area contributed by atoms with Gasteiger partial charge in [0.25, 0.3) is 0 Å². The lowest BCUT2D eigenvalue weighted by Gasteiger charge is -2.48. The van der Waals surface area contributed by atoms with Gasteiger partial charge in [-0.1, -0.05) is 163 Å². The molecule has 0 bridgehead atoms. The van der Waals surface area contributed by atoms with Crippen LogP contribution in [0, 0.1) is 0 Å². The molecule has 3 heterocycles. The number of aliphatic hydroxyl groups excluding tert-OH is 11. The Labute approximate surface area is 470 Å². The Morgan fingerprint density at radius 2 is 0.873 bits per heavy atom. The summed E-state index contributed by atoms with van der Waals surface area (Å²) in [5.74, 6) is -0.298. The predicted octanol–water partition coefficient (Wildman–Crippen LogP) is 4.81. The highest BCUT2D eigenvalue weighted by Crippen LogP contribution is 2.33. The average Bonchev–Trinajstić information content (AvgIpc) is 3.47. The summed E-state index contributed by atoms with van der Waals surface area (Å²) in [6.07, 6.45) is 24.4. The van der Waals surface area contributed by atoms with E-state index < -0.39 is 124 Å². The molecule has 3 fully saturated rings. The first kappa shape index (κ1) is 70.2. The van der Waals surface area contributed by atoms with Gasteiger partial charge < -0.3 is 89.9 Å². The van der Waals surface area contributed by atoms with Gasteiger partial charge >= 0.3 is 0 Å². The number of hydrogen-bond acceptors (Lipinski definition) is 18. The Balaban J connectivity index is 1.45. The van der Waals surface area contributed by atoms with Gasteiger partial charge in [-0.2, -0.15) is 0 Å². The molecule has 17 atom stereocenters. The number of carbonyl (C=O) groups excluding carboxylic acids is 1. The first-order valence-corrected chi connectivity index (χ1v) is 29.3. The normalized spacial score (nSPS) is 30.9. The molecule has 12 N–H and O–H groups in total. The van der Waals surface area contributed by atoms with Crippen LogP contribution in [0.3, 0.4) is 0 Å². The molecule has 19 heteroatoms. The fourth-order valence-electron chi connectivity index (χ4n) is 9.37. The van der Waals surface area contributed by atoms with E-state index in [1.165, 1.54) is 25.7 Å². The lowest BCUT2D eigenvalue weighted by molar-refractivity contribution is -0.379. The van der Waals surface area contributed by atoms with Crippen molar-refractivity contribution in [3.05, 3.63) is 85.1 Å². The van der Waals surface area contributed by atoms with E-state index in [4.69, 9.17) is 28.4 Å². The third-order valence-corrected chi connectivity index (χ3v) is 14.2. The van der Waals surface area contributed by atoms with Crippen LogP contribution in [-0.4, -0.2) is 193 Å². The zero-order valence-corrected chi connectivity index (χ0v) is 47.1. The Morgan fingerprint density at radius 1 is 0.468 bits per heavy atom. The van der Waals surface area contributed by atoms with E-state index in [0.717, 1.165) is 103 Å². The second-order valence-corrected chi connectivity index (χ2v) is 20.7. The maximum atomic E-state index is 13.3. The van der Waals surface area contributed by atoms with Gasteiger partial charge in [-0.15, -0.1) is 0 Å². The number of ether oxygens (including phenoxy) is 6. The summed E-state index contributed by atoms with van der Waals surface area (Å²) in [5.41, 5.74) is 0. The summed E-state index contributed by atoms with van der Waals surface area (Å²) in [6, 6.07) is -0.984. The average molecular weight is 1120 g/mol. The van der Waals surface area contributed by atoms with Gasteiger partial charge in [0.05, 0.1) is 38.6 Å². The Morgan fingerprint density at radius 3 is 1.37 bits per heavy atom. The van der Waals surface area contributed by atoms with Crippen LogP contribution >= 0.6 is 0 Å². The largest absolute Gasteiger partial charge is 0.394 e.